The standard InChI is InChI=1S/C11H16ClN3O2/c1-7-9(12)8(15(2)14-7)5-11(10(16)17)3-4-13-6-11/h13H,3-6H2,1-2H3,(H,16,17). The SMILES string of the molecule is Cc1nn(C)c(CC2(C(=O)O)CCNC2)c1Cl. The fraction of sp³-hybridized carbons (Fsp3) is 0.636. The molecule has 0 saturated carbocycles. The summed E-state index contributed by atoms with van der Waals surface area (Å²) in [5.41, 5.74) is 0.801. The van der Waals surface area contributed by atoms with Crippen molar-refractivity contribution < 1.29 is 9.90 Å². The first-order valence-corrected chi connectivity index (χ1v) is 5.96. The van der Waals surface area contributed by atoms with Crippen molar-refractivity contribution in [2.45, 2.75) is 19.8 Å². The summed E-state index contributed by atoms with van der Waals surface area (Å²) in [5.74, 6) is -0.766. The molecule has 0 aliphatic carbocycles. The summed E-state index contributed by atoms with van der Waals surface area (Å²) in [5, 5.41) is 17.3. The first-order valence-electron chi connectivity index (χ1n) is 5.58. The first kappa shape index (κ1) is 12.4. The van der Waals surface area contributed by atoms with Crippen molar-refractivity contribution >= 4 is 17.6 Å². The second kappa shape index (κ2) is 4.31. The molecule has 1 atom stereocenters. The number of nitrogens with zero attached hydrogens (tertiary/aromatic N) is 2. The summed E-state index contributed by atoms with van der Waals surface area (Å²) in [6.45, 7) is 3.05. The maximum atomic E-state index is 11.4. The van der Waals surface area contributed by atoms with E-state index in [-0.39, 0.29) is 0 Å². The molecule has 6 heteroatoms. The Bertz CT molecular complexity index is 450. The van der Waals surface area contributed by atoms with Crippen LogP contribution in [-0.2, 0) is 18.3 Å². The van der Waals surface area contributed by atoms with Crippen LogP contribution in [-0.4, -0.2) is 33.9 Å². The quantitative estimate of drug-likeness (QED) is 0.848. The van der Waals surface area contributed by atoms with Crippen LogP contribution in [0.1, 0.15) is 17.8 Å². The van der Waals surface area contributed by atoms with Gasteiger partial charge < -0.3 is 10.4 Å². The fourth-order valence-electron chi connectivity index (χ4n) is 2.35. The molecule has 1 aromatic rings. The van der Waals surface area contributed by atoms with Crippen molar-refractivity contribution in [3.8, 4) is 0 Å². The number of aliphatic carboxylic acids is 1. The molecular weight excluding hydrogens is 242 g/mol. The highest BCUT2D eigenvalue weighted by Crippen LogP contribution is 2.33. The van der Waals surface area contributed by atoms with Gasteiger partial charge in [-0.05, 0) is 19.9 Å². The van der Waals surface area contributed by atoms with E-state index < -0.39 is 11.4 Å². The molecule has 5 nitrogen and oxygen atoms in total. The minimum absolute atomic E-state index is 0.422. The molecule has 1 aromatic heterocycles. The number of halogens is 1. The van der Waals surface area contributed by atoms with E-state index in [0.29, 0.717) is 24.4 Å². The molecular formula is C11H16ClN3O2. The van der Waals surface area contributed by atoms with Gasteiger partial charge in [-0.1, -0.05) is 11.6 Å². The fourth-order valence-corrected chi connectivity index (χ4v) is 2.57. The van der Waals surface area contributed by atoms with Crippen molar-refractivity contribution in [2.75, 3.05) is 13.1 Å². The van der Waals surface area contributed by atoms with Crippen LogP contribution in [0.3, 0.4) is 0 Å². The zero-order valence-corrected chi connectivity index (χ0v) is 10.7. The minimum Gasteiger partial charge on any atom is -0.481 e. The van der Waals surface area contributed by atoms with Gasteiger partial charge in [-0.25, -0.2) is 0 Å². The molecule has 2 rings (SSSR count). The van der Waals surface area contributed by atoms with Crippen LogP contribution in [0.25, 0.3) is 0 Å². The van der Waals surface area contributed by atoms with Gasteiger partial charge in [0.25, 0.3) is 0 Å². The van der Waals surface area contributed by atoms with Crippen molar-refractivity contribution in [2.24, 2.45) is 12.5 Å². The van der Waals surface area contributed by atoms with Gasteiger partial charge in [0.2, 0.25) is 0 Å². The van der Waals surface area contributed by atoms with Crippen molar-refractivity contribution in [3.63, 3.8) is 0 Å². The van der Waals surface area contributed by atoms with E-state index in [0.717, 1.165) is 17.9 Å². The molecule has 0 spiro atoms. The maximum Gasteiger partial charge on any atom is 0.311 e. The molecule has 1 aliphatic heterocycles. The lowest BCUT2D eigenvalue weighted by atomic mass is 9.82. The zero-order valence-electron chi connectivity index (χ0n) is 9.96. The molecule has 0 bridgehead atoms. The molecule has 17 heavy (non-hydrogen) atoms. The Morgan fingerprint density at radius 3 is 2.82 bits per heavy atom. The third kappa shape index (κ3) is 2.05. The number of aryl methyl sites for hydroxylation is 2. The first-order chi connectivity index (χ1) is 7.96. The number of aromatic nitrogens is 2. The third-order valence-electron chi connectivity index (χ3n) is 3.46. The van der Waals surface area contributed by atoms with Gasteiger partial charge >= 0.3 is 5.97 Å². The van der Waals surface area contributed by atoms with Crippen LogP contribution in [0.2, 0.25) is 5.02 Å². The lowest BCUT2D eigenvalue weighted by Crippen LogP contribution is -2.36. The number of carboxylic acid groups (broad SMARTS) is 1. The van der Waals surface area contributed by atoms with Gasteiger partial charge in [0.1, 0.15) is 0 Å². The van der Waals surface area contributed by atoms with Crippen LogP contribution in [0.5, 0.6) is 0 Å². The molecule has 0 aromatic carbocycles. The Labute approximate surface area is 105 Å². The molecule has 2 heterocycles. The largest absolute Gasteiger partial charge is 0.481 e. The minimum atomic E-state index is -0.766. The van der Waals surface area contributed by atoms with Crippen molar-refractivity contribution in [1.82, 2.24) is 15.1 Å². The summed E-state index contributed by atoms with van der Waals surface area (Å²) >= 11 is 6.16. The molecule has 1 aliphatic rings. The normalized spacial score (nSPS) is 24.2. The highest BCUT2D eigenvalue weighted by molar-refractivity contribution is 6.31. The number of carbonyl (C=O) groups is 1. The third-order valence-corrected chi connectivity index (χ3v) is 3.96. The molecule has 0 amide bonds. The summed E-state index contributed by atoms with van der Waals surface area (Å²) in [6, 6.07) is 0. The zero-order chi connectivity index (χ0) is 12.6. The lowest BCUT2D eigenvalue weighted by molar-refractivity contribution is -0.147. The molecule has 1 saturated heterocycles. The Kier molecular flexibility index (Phi) is 3.14. The van der Waals surface area contributed by atoms with E-state index in [1.54, 1.807) is 11.7 Å². The summed E-state index contributed by atoms with van der Waals surface area (Å²) in [7, 11) is 1.80. The highest BCUT2D eigenvalue weighted by Gasteiger charge is 2.42. The Hall–Kier alpha value is -1.07. The average molecular weight is 258 g/mol. The lowest BCUT2D eigenvalue weighted by Gasteiger charge is -2.22. The summed E-state index contributed by atoms with van der Waals surface area (Å²) < 4.78 is 1.68. The van der Waals surface area contributed by atoms with E-state index in [4.69, 9.17) is 11.6 Å². The van der Waals surface area contributed by atoms with Crippen LogP contribution < -0.4 is 5.32 Å². The Balaban J connectivity index is 2.33. The molecule has 2 N–H and O–H groups in total. The van der Waals surface area contributed by atoms with E-state index >= 15 is 0 Å². The van der Waals surface area contributed by atoms with Crippen LogP contribution in [0, 0.1) is 12.3 Å². The second-order valence-electron chi connectivity index (χ2n) is 4.66. The second-order valence-corrected chi connectivity index (χ2v) is 5.04. The van der Waals surface area contributed by atoms with Gasteiger partial charge in [-0.2, -0.15) is 5.10 Å². The average Bonchev–Trinajstić information content (AvgIpc) is 2.81. The van der Waals surface area contributed by atoms with Crippen LogP contribution >= 0.6 is 11.6 Å². The molecule has 1 unspecified atom stereocenters. The predicted octanol–water partition coefficient (Wildman–Crippen LogP) is 0.989. The molecule has 94 valence electrons. The maximum absolute atomic E-state index is 11.4. The van der Waals surface area contributed by atoms with Gasteiger partial charge in [0, 0.05) is 20.0 Å². The summed E-state index contributed by atoms with van der Waals surface area (Å²) in [6.07, 6.45) is 1.05. The van der Waals surface area contributed by atoms with Crippen molar-refractivity contribution in [1.29, 1.82) is 0 Å². The van der Waals surface area contributed by atoms with Crippen LogP contribution in [0.4, 0.5) is 0 Å². The number of rotatable bonds is 3. The van der Waals surface area contributed by atoms with E-state index in [1.165, 1.54) is 0 Å². The smallest absolute Gasteiger partial charge is 0.311 e. The molecule has 1 fully saturated rings. The van der Waals surface area contributed by atoms with E-state index in [1.807, 2.05) is 6.92 Å². The highest BCUT2D eigenvalue weighted by atomic mass is 35.5. The van der Waals surface area contributed by atoms with Crippen molar-refractivity contribution in [3.05, 3.63) is 16.4 Å². The van der Waals surface area contributed by atoms with Gasteiger partial charge in [0.15, 0.2) is 0 Å². The van der Waals surface area contributed by atoms with E-state index in [2.05, 4.69) is 10.4 Å². The number of carboxylic acids is 1. The van der Waals surface area contributed by atoms with Crippen LogP contribution in [0.15, 0.2) is 0 Å². The number of hydrogen-bond donors (Lipinski definition) is 2. The molecule has 0 radical (unpaired) electrons. The van der Waals surface area contributed by atoms with Gasteiger partial charge in [0.05, 0.1) is 21.8 Å². The van der Waals surface area contributed by atoms with Gasteiger partial charge in [-0.15, -0.1) is 0 Å². The number of hydrogen-bond acceptors (Lipinski definition) is 3. The Morgan fingerprint density at radius 1 is 1.71 bits per heavy atom. The Morgan fingerprint density at radius 2 is 2.41 bits per heavy atom. The monoisotopic (exact) mass is 257 g/mol. The predicted molar refractivity (Wildman–Crippen MR) is 64.2 cm³/mol. The number of nitrogens with one attached hydrogen (secondary N) is 1. The van der Waals surface area contributed by atoms with E-state index in [9.17, 15) is 9.90 Å². The summed E-state index contributed by atoms with van der Waals surface area (Å²) in [4.78, 5) is 11.4. The topological polar surface area (TPSA) is 67.2 Å². The van der Waals surface area contributed by atoms with Gasteiger partial charge in [-0.3, -0.25) is 9.48 Å².